The largest absolute Gasteiger partial charge is 0.468 e. The molecule has 0 aromatic rings. The Morgan fingerprint density at radius 3 is 2.15 bits per heavy atom. The van der Waals surface area contributed by atoms with E-state index in [1.54, 1.807) is 0 Å². The number of rotatable bonds is 4. The third kappa shape index (κ3) is 6.75. The molecule has 0 atom stereocenters. The van der Waals surface area contributed by atoms with E-state index in [9.17, 15) is 9.59 Å². The highest BCUT2D eigenvalue weighted by Crippen LogP contribution is 2.19. The number of nitrogens with one attached hydrogen (secondary N) is 2. The lowest BCUT2D eigenvalue weighted by molar-refractivity contribution is -0.139. The SMILES string of the molecule is COC(=O)CNC1CCC(NC(=O)OC(C)(C)C)CC1. The van der Waals surface area contributed by atoms with Gasteiger partial charge in [-0.1, -0.05) is 0 Å². The number of hydrogen-bond acceptors (Lipinski definition) is 5. The van der Waals surface area contributed by atoms with Crippen LogP contribution in [0.25, 0.3) is 0 Å². The van der Waals surface area contributed by atoms with E-state index in [1.807, 2.05) is 20.8 Å². The van der Waals surface area contributed by atoms with Gasteiger partial charge < -0.3 is 20.1 Å². The molecule has 0 saturated heterocycles. The number of methoxy groups -OCH3 is 1. The summed E-state index contributed by atoms with van der Waals surface area (Å²) >= 11 is 0. The molecule has 0 bridgehead atoms. The smallest absolute Gasteiger partial charge is 0.407 e. The summed E-state index contributed by atoms with van der Waals surface area (Å²) in [6.45, 7) is 5.78. The van der Waals surface area contributed by atoms with Crippen molar-refractivity contribution in [3.05, 3.63) is 0 Å². The van der Waals surface area contributed by atoms with Crippen LogP contribution in [0.5, 0.6) is 0 Å². The minimum Gasteiger partial charge on any atom is -0.468 e. The molecule has 2 N–H and O–H groups in total. The average molecular weight is 286 g/mol. The fourth-order valence-corrected chi connectivity index (χ4v) is 2.22. The fourth-order valence-electron chi connectivity index (χ4n) is 2.22. The Labute approximate surface area is 120 Å². The molecule has 0 spiro atoms. The second-order valence-electron chi connectivity index (χ2n) is 6.15. The van der Waals surface area contributed by atoms with Gasteiger partial charge >= 0.3 is 12.1 Å². The Bertz CT molecular complexity index is 331. The van der Waals surface area contributed by atoms with Crippen LogP contribution in [0.3, 0.4) is 0 Å². The topological polar surface area (TPSA) is 76.7 Å². The van der Waals surface area contributed by atoms with E-state index >= 15 is 0 Å². The molecule has 6 heteroatoms. The molecular weight excluding hydrogens is 260 g/mol. The third-order valence-electron chi connectivity index (χ3n) is 3.21. The van der Waals surface area contributed by atoms with Crippen molar-refractivity contribution in [3.63, 3.8) is 0 Å². The molecule has 0 aliphatic heterocycles. The van der Waals surface area contributed by atoms with Crippen molar-refractivity contribution in [2.24, 2.45) is 0 Å². The van der Waals surface area contributed by atoms with Gasteiger partial charge in [-0.05, 0) is 46.5 Å². The normalized spacial score (nSPS) is 23.0. The predicted molar refractivity (Wildman–Crippen MR) is 75.4 cm³/mol. The van der Waals surface area contributed by atoms with E-state index < -0.39 is 5.60 Å². The molecular formula is C14H26N2O4. The first kappa shape index (κ1) is 16.8. The van der Waals surface area contributed by atoms with Gasteiger partial charge in [-0.3, -0.25) is 4.79 Å². The van der Waals surface area contributed by atoms with E-state index in [0.29, 0.717) is 6.04 Å². The van der Waals surface area contributed by atoms with Gasteiger partial charge in [0.1, 0.15) is 5.60 Å². The number of ether oxygens (including phenoxy) is 2. The van der Waals surface area contributed by atoms with Crippen LogP contribution in [0.2, 0.25) is 0 Å². The monoisotopic (exact) mass is 286 g/mol. The van der Waals surface area contributed by atoms with Crippen LogP contribution in [-0.4, -0.2) is 43.4 Å². The molecule has 0 unspecified atom stereocenters. The Morgan fingerprint density at radius 2 is 1.65 bits per heavy atom. The van der Waals surface area contributed by atoms with Gasteiger partial charge in [0, 0.05) is 12.1 Å². The van der Waals surface area contributed by atoms with Gasteiger partial charge in [-0.15, -0.1) is 0 Å². The molecule has 1 rings (SSSR count). The van der Waals surface area contributed by atoms with Crippen molar-refractivity contribution in [1.82, 2.24) is 10.6 Å². The van der Waals surface area contributed by atoms with Crippen LogP contribution >= 0.6 is 0 Å². The lowest BCUT2D eigenvalue weighted by Crippen LogP contribution is -2.44. The number of carbonyl (C=O) groups is 2. The number of esters is 1. The van der Waals surface area contributed by atoms with E-state index in [1.165, 1.54) is 7.11 Å². The zero-order valence-electron chi connectivity index (χ0n) is 12.8. The first-order valence-corrected chi connectivity index (χ1v) is 7.10. The molecule has 1 fully saturated rings. The maximum atomic E-state index is 11.7. The highest BCUT2D eigenvalue weighted by atomic mass is 16.6. The molecule has 0 radical (unpaired) electrons. The fraction of sp³-hybridized carbons (Fsp3) is 0.857. The van der Waals surface area contributed by atoms with Crippen LogP contribution < -0.4 is 10.6 Å². The molecule has 1 saturated carbocycles. The first-order valence-electron chi connectivity index (χ1n) is 7.10. The summed E-state index contributed by atoms with van der Waals surface area (Å²) in [5.41, 5.74) is -0.469. The highest BCUT2D eigenvalue weighted by Gasteiger charge is 2.24. The standard InChI is InChI=1S/C14H26N2O4/c1-14(2,3)20-13(18)16-11-7-5-10(6-8-11)15-9-12(17)19-4/h10-11,15H,5-9H2,1-4H3,(H,16,18). The summed E-state index contributed by atoms with van der Waals surface area (Å²) in [6.07, 6.45) is 3.27. The van der Waals surface area contributed by atoms with Gasteiger partial charge in [-0.25, -0.2) is 4.79 Å². The molecule has 116 valence electrons. The summed E-state index contributed by atoms with van der Waals surface area (Å²) < 4.78 is 9.82. The lowest BCUT2D eigenvalue weighted by atomic mass is 9.91. The van der Waals surface area contributed by atoms with Crippen LogP contribution in [0, 0.1) is 0 Å². The molecule has 0 aromatic heterocycles. The van der Waals surface area contributed by atoms with E-state index in [2.05, 4.69) is 15.4 Å². The zero-order chi connectivity index (χ0) is 15.2. The van der Waals surface area contributed by atoms with Gasteiger partial charge in [0.25, 0.3) is 0 Å². The Morgan fingerprint density at radius 1 is 1.10 bits per heavy atom. The zero-order valence-corrected chi connectivity index (χ0v) is 12.8. The van der Waals surface area contributed by atoms with E-state index in [0.717, 1.165) is 25.7 Å². The van der Waals surface area contributed by atoms with Crippen molar-refractivity contribution >= 4 is 12.1 Å². The van der Waals surface area contributed by atoms with E-state index in [4.69, 9.17) is 4.74 Å². The summed E-state index contributed by atoms with van der Waals surface area (Å²) in [7, 11) is 1.38. The van der Waals surface area contributed by atoms with Crippen LogP contribution in [-0.2, 0) is 14.3 Å². The van der Waals surface area contributed by atoms with Crippen LogP contribution in [0.1, 0.15) is 46.5 Å². The third-order valence-corrected chi connectivity index (χ3v) is 3.21. The summed E-state index contributed by atoms with van der Waals surface area (Å²) in [4.78, 5) is 22.7. The van der Waals surface area contributed by atoms with E-state index in [-0.39, 0.29) is 24.6 Å². The predicted octanol–water partition coefficient (Wildman–Crippen LogP) is 1.58. The molecule has 0 heterocycles. The quantitative estimate of drug-likeness (QED) is 0.767. The molecule has 1 aliphatic carbocycles. The number of carbonyl (C=O) groups excluding carboxylic acids is 2. The Hall–Kier alpha value is -1.30. The van der Waals surface area contributed by atoms with Gasteiger partial charge in [-0.2, -0.15) is 0 Å². The minimum atomic E-state index is -0.469. The van der Waals surface area contributed by atoms with Crippen LogP contribution in [0.4, 0.5) is 4.79 Å². The van der Waals surface area contributed by atoms with Crippen molar-refractivity contribution in [3.8, 4) is 0 Å². The Kier molecular flexibility index (Phi) is 6.26. The molecule has 1 amide bonds. The number of hydrogen-bond donors (Lipinski definition) is 2. The average Bonchev–Trinajstić information content (AvgIpc) is 2.35. The minimum absolute atomic E-state index is 0.154. The summed E-state index contributed by atoms with van der Waals surface area (Å²) in [5, 5.41) is 6.06. The lowest BCUT2D eigenvalue weighted by Gasteiger charge is -2.30. The summed E-state index contributed by atoms with van der Waals surface area (Å²) in [6, 6.07) is 0.465. The van der Waals surface area contributed by atoms with Gasteiger partial charge in [0.15, 0.2) is 0 Å². The van der Waals surface area contributed by atoms with Crippen molar-refractivity contribution in [2.75, 3.05) is 13.7 Å². The van der Waals surface area contributed by atoms with Crippen molar-refractivity contribution in [2.45, 2.75) is 64.1 Å². The highest BCUT2D eigenvalue weighted by molar-refractivity contribution is 5.71. The van der Waals surface area contributed by atoms with Crippen molar-refractivity contribution < 1.29 is 19.1 Å². The number of amides is 1. The van der Waals surface area contributed by atoms with Crippen LogP contribution in [0.15, 0.2) is 0 Å². The van der Waals surface area contributed by atoms with Gasteiger partial charge in [0.05, 0.1) is 13.7 Å². The molecule has 1 aliphatic rings. The number of alkyl carbamates (subject to hydrolysis) is 1. The Balaban J connectivity index is 2.22. The second kappa shape index (κ2) is 7.47. The first-order chi connectivity index (χ1) is 9.30. The van der Waals surface area contributed by atoms with Gasteiger partial charge in [0.2, 0.25) is 0 Å². The maximum absolute atomic E-state index is 11.7. The molecule has 20 heavy (non-hydrogen) atoms. The molecule has 0 aromatic carbocycles. The van der Waals surface area contributed by atoms with Crippen molar-refractivity contribution in [1.29, 1.82) is 0 Å². The summed E-state index contributed by atoms with van der Waals surface area (Å²) in [5.74, 6) is -0.251. The second-order valence-corrected chi connectivity index (χ2v) is 6.15. The molecule has 6 nitrogen and oxygen atoms in total. The maximum Gasteiger partial charge on any atom is 0.407 e.